The second-order valence-corrected chi connectivity index (χ2v) is 6.83. The molecule has 4 rings (SSSR count). The zero-order chi connectivity index (χ0) is 18.5. The van der Waals surface area contributed by atoms with E-state index in [1.807, 2.05) is 6.07 Å². The molecule has 0 unspecified atom stereocenters. The first kappa shape index (κ1) is 16.5. The Hall–Kier alpha value is -2.93. The third kappa shape index (κ3) is 2.13. The van der Waals surface area contributed by atoms with Gasteiger partial charge in [-0.2, -0.15) is 0 Å². The maximum Gasteiger partial charge on any atom is 0.368 e. The van der Waals surface area contributed by atoms with Crippen molar-refractivity contribution in [3.05, 3.63) is 54.5 Å². The molecule has 7 heteroatoms. The Morgan fingerprint density at radius 3 is 2.50 bits per heavy atom. The van der Waals surface area contributed by atoms with E-state index in [0.29, 0.717) is 11.4 Å². The number of anilines is 1. The molecule has 0 saturated carbocycles. The van der Waals surface area contributed by atoms with Crippen LogP contribution in [0.5, 0.6) is 0 Å². The van der Waals surface area contributed by atoms with Crippen molar-refractivity contribution in [3.63, 3.8) is 0 Å². The van der Waals surface area contributed by atoms with Crippen molar-refractivity contribution in [2.24, 2.45) is 11.8 Å². The van der Waals surface area contributed by atoms with E-state index in [2.05, 4.69) is 0 Å². The third-order valence-corrected chi connectivity index (χ3v) is 5.42. The van der Waals surface area contributed by atoms with Gasteiger partial charge in [0.25, 0.3) is 0 Å². The molecule has 2 N–H and O–H groups in total. The molecule has 0 aliphatic carbocycles. The van der Waals surface area contributed by atoms with Crippen LogP contribution in [0.2, 0.25) is 0 Å². The van der Waals surface area contributed by atoms with Crippen molar-refractivity contribution in [1.82, 2.24) is 0 Å². The summed E-state index contributed by atoms with van der Waals surface area (Å²) in [5, 5.41) is 1.73. The number of benzene rings is 1. The Kier molecular flexibility index (Phi) is 3.69. The number of carbonyl (C=O) groups is 3. The highest BCUT2D eigenvalue weighted by Gasteiger charge is 2.71. The van der Waals surface area contributed by atoms with Gasteiger partial charge in [-0.15, -0.1) is 0 Å². The number of esters is 1. The summed E-state index contributed by atoms with van der Waals surface area (Å²) >= 11 is 0. The molecular formula is C19H19N2O5+. The van der Waals surface area contributed by atoms with Gasteiger partial charge in [-0.1, -0.05) is 18.2 Å². The van der Waals surface area contributed by atoms with Crippen LogP contribution in [0.15, 0.2) is 53.1 Å². The van der Waals surface area contributed by atoms with Crippen LogP contribution in [0.4, 0.5) is 5.69 Å². The zero-order valence-electron chi connectivity index (χ0n) is 14.4. The SMILES string of the molecule is COC(=O)[C@@]1(C)[NH2+][C@@H](c2ccco2)[C@H]2C(=O)N(c3ccccc3)C(=O)[C@@H]21. The number of rotatable bonds is 3. The molecule has 2 amide bonds. The van der Waals surface area contributed by atoms with Gasteiger partial charge in [0, 0.05) is 6.92 Å². The smallest absolute Gasteiger partial charge is 0.368 e. The van der Waals surface area contributed by atoms with Crippen LogP contribution in [0.25, 0.3) is 0 Å². The first-order valence-corrected chi connectivity index (χ1v) is 8.39. The molecule has 3 heterocycles. The molecule has 1 aromatic heterocycles. The van der Waals surface area contributed by atoms with E-state index in [1.165, 1.54) is 18.3 Å². The van der Waals surface area contributed by atoms with Gasteiger partial charge in [-0.3, -0.25) is 9.59 Å². The molecule has 2 aliphatic heterocycles. The lowest BCUT2D eigenvalue weighted by Crippen LogP contribution is -2.97. The number of quaternary nitrogens is 1. The summed E-state index contributed by atoms with van der Waals surface area (Å²) in [7, 11) is 1.28. The topological polar surface area (TPSA) is 93.4 Å². The number of fused-ring (bicyclic) bond motifs is 1. The van der Waals surface area contributed by atoms with Gasteiger partial charge >= 0.3 is 5.97 Å². The van der Waals surface area contributed by atoms with Crippen LogP contribution in [-0.4, -0.2) is 30.4 Å². The van der Waals surface area contributed by atoms with Gasteiger partial charge in [-0.05, 0) is 24.3 Å². The minimum atomic E-state index is -1.20. The summed E-state index contributed by atoms with van der Waals surface area (Å²) in [5.41, 5.74) is -0.699. The summed E-state index contributed by atoms with van der Waals surface area (Å²) < 4.78 is 10.4. The minimum Gasteiger partial charge on any atom is -0.464 e. The standard InChI is InChI=1S/C19H18N2O5/c1-19(18(24)25-2)14-13(15(20-19)12-9-6-10-26-12)16(22)21(17(14)23)11-7-4-3-5-8-11/h3-10,13-15,20H,1-2H3/p+1/t13-,14+,15-,19-/m0/s1. The molecule has 0 radical (unpaired) electrons. The van der Waals surface area contributed by atoms with Crippen LogP contribution in [-0.2, 0) is 19.1 Å². The van der Waals surface area contributed by atoms with Crippen LogP contribution in [0.3, 0.4) is 0 Å². The molecule has 0 spiro atoms. The normalized spacial score (nSPS) is 30.5. The maximum absolute atomic E-state index is 13.2. The summed E-state index contributed by atoms with van der Waals surface area (Å²) in [4.78, 5) is 40.1. The van der Waals surface area contributed by atoms with Crippen LogP contribution in [0, 0.1) is 11.8 Å². The highest BCUT2D eigenvalue weighted by Crippen LogP contribution is 2.45. The Bertz CT molecular complexity index is 863. The van der Waals surface area contributed by atoms with Gasteiger partial charge in [-0.25, -0.2) is 9.69 Å². The van der Waals surface area contributed by atoms with Crippen molar-refractivity contribution < 1.29 is 28.9 Å². The molecule has 2 fully saturated rings. The maximum atomic E-state index is 13.2. The largest absolute Gasteiger partial charge is 0.464 e. The number of ether oxygens (including phenoxy) is 1. The Balaban J connectivity index is 1.83. The predicted molar refractivity (Wildman–Crippen MR) is 89.7 cm³/mol. The van der Waals surface area contributed by atoms with E-state index >= 15 is 0 Å². The van der Waals surface area contributed by atoms with Crippen molar-refractivity contribution in [2.45, 2.75) is 18.5 Å². The number of carbonyl (C=O) groups excluding carboxylic acids is 3. The van der Waals surface area contributed by atoms with Gasteiger partial charge in [0.15, 0.2) is 11.8 Å². The molecular weight excluding hydrogens is 336 g/mol. The number of para-hydroxylation sites is 1. The molecule has 2 aromatic rings. The second-order valence-electron chi connectivity index (χ2n) is 6.83. The fourth-order valence-electron chi connectivity index (χ4n) is 4.25. The summed E-state index contributed by atoms with van der Waals surface area (Å²) in [6.45, 7) is 1.65. The average molecular weight is 355 g/mol. The highest BCUT2D eigenvalue weighted by atomic mass is 16.5. The number of nitrogens with two attached hydrogens (primary N) is 1. The van der Waals surface area contributed by atoms with E-state index in [-0.39, 0.29) is 11.8 Å². The first-order chi connectivity index (χ1) is 12.5. The molecule has 2 aliphatic rings. The van der Waals surface area contributed by atoms with Crippen molar-refractivity contribution in [1.29, 1.82) is 0 Å². The molecule has 1 aromatic carbocycles. The van der Waals surface area contributed by atoms with Crippen molar-refractivity contribution >= 4 is 23.5 Å². The Labute approximate surface area is 149 Å². The monoisotopic (exact) mass is 355 g/mol. The van der Waals surface area contributed by atoms with E-state index in [4.69, 9.17) is 9.15 Å². The quantitative estimate of drug-likeness (QED) is 0.644. The Morgan fingerprint density at radius 2 is 1.88 bits per heavy atom. The first-order valence-electron chi connectivity index (χ1n) is 8.39. The van der Waals surface area contributed by atoms with Crippen molar-refractivity contribution in [2.75, 3.05) is 12.0 Å². The van der Waals surface area contributed by atoms with E-state index in [0.717, 1.165) is 0 Å². The van der Waals surface area contributed by atoms with Gasteiger partial charge in [0.1, 0.15) is 11.8 Å². The lowest BCUT2D eigenvalue weighted by atomic mass is 9.81. The third-order valence-electron chi connectivity index (χ3n) is 5.42. The average Bonchev–Trinajstić information content (AvgIpc) is 3.33. The van der Waals surface area contributed by atoms with E-state index in [1.54, 1.807) is 48.6 Å². The molecule has 4 atom stereocenters. The molecule has 134 valence electrons. The van der Waals surface area contributed by atoms with Crippen molar-refractivity contribution in [3.8, 4) is 0 Å². The second kappa shape index (κ2) is 5.81. The zero-order valence-corrected chi connectivity index (χ0v) is 14.4. The number of hydrogen-bond donors (Lipinski definition) is 1. The fraction of sp³-hybridized carbons (Fsp3) is 0.316. The molecule has 0 bridgehead atoms. The van der Waals surface area contributed by atoms with Gasteiger partial charge in [0.05, 0.1) is 19.1 Å². The highest BCUT2D eigenvalue weighted by molar-refractivity contribution is 6.23. The number of furan rings is 1. The number of imide groups is 1. The molecule has 26 heavy (non-hydrogen) atoms. The van der Waals surface area contributed by atoms with Gasteiger partial charge in [0.2, 0.25) is 17.4 Å². The fourth-order valence-corrected chi connectivity index (χ4v) is 4.25. The van der Waals surface area contributed by atoms with E-state index < -0.39 is 29.4 Å². The number of amides is 2. The van der Waals surface area contributed by atoms with Crippen LogP contribution in [0.1, 0.15) is 18.7 Å². The molecule has 7 nitrogen and oxygen atoms in total. The summed E-state index contributed by atoms with van der Waals surface area (Å²) in [6.07, 6.45) is 1.52. The van der Waals surface area contributed by atoms with E-state index in [9.17, 15) is 14.4 Å². The lowest BCUT2D eigenvalue weighted by molar-refractivity contribution is -0.732. The lowest BCUT2D eigenvalue weighted by Gasteiger charge is -2.25. The Morgan fingerprint density at radius 1 is 1.15 bits per heavy atom. The van der Waals surface area contributed by atoms with Crippen LogP contribution < -0.4 is 10.2 Å². The summed E-state index contributed by atoms with van der Waals surface area (Å²) in [6, 6.07) is 11.8. The minimum absolute atomic E-state index is 0.323. The number of hydrogen-bond acceptors (Lipinski definition) is 5. The molecule has 2 saturated heterocycles. The predicted octanol–water partition coefficient (Wildman–Crippen LogP) is 0.635. The summed E-state index contributed by atoms with van der Waals surface area (Å²) in [5.74, 6) is -2.20. The number of nitrogens with zero attached hydrogens (tertiary/aromatic N) is 1. The van der Waals surface area contributed by atoms with Crippen LogP contribution >= 0.6 is 0 Å². The van der Waals surface area contributed by atoms with Gasteiger partial charge < -0.3 is 14.5 Å². The number of methoxy groups -OCH3 is 1.